The minimum atomic E-state index is -0.185. The molecule has 0 spiro atoms. The molecule has 1 aromatic carbocycles. The summed E-state index contributed by atoms with van der Waals surface area (Å²) in [5.41, 5.74) is 0.624. The van der Waals surface area contributed by atoms with E-state index in [9.17, 15) is 4.79 Å². The highest BCUT2D eigenvalue weighted by molar-refractivity contribution is 5.93. The van der Waals surface area contributed by atoms with E-state index in [1.807, 2.05) is 18.2 Å². The number of nitrogens with zero attached hydrogens (tertiary/aromatic N) is 1. The van der Waals surface area contributed by atoms with Crippen LogP contribution in [0.25, 0.3) is 0 Å². The third-order valence-corrected chi connectivity index (χ3v) is 1.38. The van der Waals surface area contributed by atoms with Gasteiger partial charge in [-0.3, -0.25) is 4.79 Å². The lowest BCUT2D eigenvalue weighted by molar-refractivity contribution is 0.0953. The predicted molar refractivity (Wildman–Crippen MR) is 48.0 cm³/mol. The third kappa shape index (κ3) is 2.23. The maximum Gasteiger partial charge on any atom is 0.272 e. The van der Waals surface area contributed by atoms with Crippen molar-refractivity contribution in [1.29, 1.82) is 0 Å². The fourth-order valence-electron chi connectivity index (χ4n) is 0.819. The molecule has 0 N–H and O–H groups in total. The van der Waals surface area contributed by atoms with Crippen molar-refractivity contribution in [2.24, 2.45) is 0 Å². The highest BCUT2D eigenvalue weighted by atomic mass is 16.1. The molecule has 0 unspecified atom stereocenters. The summed E-state index contributed by atoms with van der Waals surface area (Å²) in [7, 11) is 0. The minimum Gasteiger partial charge on any atom is -0.267 e. The first kappa shape index (κ1) is 8.53. The standard InChI is InChI=1S/C10H10NO/c1-2-8-11-10(12)9-6-4-3-5-7-9/h2-7H,1,8H2. The van der Waals surface area contributed by atoms with Crippen molar-refractivity contribution in [3.8, 4) is 0 Å². The Labute approximate surface area is 71.9 Å². The summed E-state index contributed by atoms with van der Waals surface area (Å²) in [6, 6.07) is 8.99. The van der Waals surface area contributed by atoms with Crippen LogP contribution in [0, 0.1) is 0 Å². The van der Waals surface area contributed by atoms with Crippen molar-refractivity contribution in [3.05, 3.63) is 48.6 Å². The topological polar surface area (TPSA) is 31.2 Å². The van der Waals surface area contributed by atoms with Crippen molar-refractivity contribution in [2.45, 2.75) is 0 Å². The molecule has 0 aliphatic heterocycles. The van der Waals surface area contributed by atoms with Crippen LogP contribution >= 0.6 is 0 Å². The smallest absolute Gasteiger partial charge is 0.267 e. The van der Waals surface area contributed by atoms with E-state index in [-0.39, 0.29) is 5.91 Å². The molecule has 1 amide bonds. The maximum absolute atomic E-state index is 11.2. The minimum absolute atomic E-state index is 0.185. The first-order valence-corrected chi connectivity index (χ1v) is 3.72. The van der Waals surface area contributed by atoms with Gasteiger partial charge in [-0.05, 0) is 12.1 Å². The van der Waals surface area contributed by atoms with Crippen LogP contribution in [0.15, 0.2) is 43.0 Å². The lowest BCUT2D eigenvalue weighted by Gasteiger charge is -1.97. The van der Waals surface area contributed by atoms with Crippen LogP contribution in [0.3, 0.4) is 0 Å². The molecule has 0 saturated carbocycles. The molecule has 0 bridgehead atoms. The summed E-state index contributed by atoms with van der Waals surface area (Å²) in [6.45, 7) is 3.86. The Morgan fingerprint density at radius 2 is 2.08 bits per heavy atom. The predicted octanol–water partition coefficient (Wildman–Crippen LogP) is 1.62. The number of hydrogen-bond acceptors (Lipinski definition) is 1. The van der Waals surface area contributed by atoms with Crippen LogP contribution < -0.4 is 5.32 Å². The molecule has 0 aromatic heterocycles. The van der Waals surface area contributed by atoms with Crippen LogP contribution in [0.2, 0.25) is 0 Å². The van der Waals surface area contributed by atoms with Gasteiger partial charge in [0, 0.05) is 5.56 Å². The number of rotatable bonds is 3. The first-order chi connectivity index (χ1) is 5.84. The second-order valence-electron chi connectivity index (χ2n) is 2.30. The van der Waals surface area contributed by atoms with Gasteiger partial charge in [-0.15, -0.1) is 6.58 Å². The normalized spacial score (nSPS) is 9.00. The summed E-state index contributed by atoms with van der Waals surface area (Å²) in [6.07, 6.45) is 1.60. The second-order valence-corrected chi connectivity index (χ2v) is 2.30. The monoisotopic (exact) mass is 160 g/mol. The zero-order valence-corrected chi connectivity index (χ0v) is 6.73. The van der Waals surface area contributed by atoms with Crippen molar-refractivity contribution in [1.82, 2.24) is 5.32 Å². The summed E-state index contributed by atoms with van der Waals surface area (Å²) in [4.78, 5) is 11.2. The van der Waals surface area contributed by atoms with E-state index in [4.69, 9.17) is 0 Å². The summed E-state index contributed by atoms with van der Waals surface area (Å²) >= 11 is 0. The molecule has 0 heterocycles. The molecule has 0 atom stereocenters. The maximum atomic E-state index is 11.2. The van der Waals surface area contributed by atoms with E-state index in [1.165, 1.54) is 0 Å². The van der Waals surface area contributed by atoms with Gasteiger partial charge in [-0.1, -0.05) is 24.3 Å². The molecule has 2 heteroatoms. The van der Waals surface area contributed by atoms with Gasteiger partial charge in [0.15, 0.2) is 0 Å². The summed E-state index contributed by atoms with van der Waals surface area (Å²) in [5.74, 6) is -0.185. The van der Waals surface area contributed by atoms with Gasteiger partial charge >= 0.3 is 0 Å². The van der Waals surface area contributed by atoms with Gasteiger partial charge in [0.25, 0.3) is 5.91 Å². The number of carbonyl (C=O) groups excluding carboxylic acids is 1. The van der Waals surface area contributed by atoms with Crippen molar-refractivity contribution in [2.75, 3.05) is 6.54 Å². The number of carbonyl (C=O) groups is 1. The Balaban J connectivity index is 2.59. The first-order valence-electron chi connectivity index (χ1n) is 3.72. The molecule has 12 heavy (non-hydrogen) atoms. The molecule has 2 nitrogen and oxygen atoms in total. The Bertz CT molecular complexity index is 266. The van der Waals surface area contributed by atoms with E-state index in [2.05, 4.69) is 11.9 Å². The van der Waals surface area contributed by atoms with E-state index < -0.39 is 0 Å². The number of amides is 1. The van der Waals surface area contributed by atoms with E-state index in [0.29, 0.717) is 12.1 Å². The summed E-state index contributed by atoms with van der Waals surface area (Å²) in [5, 5.41) is 3.76. The Morgan fingerprint density at radius 3 is 2.67 bits per heavy atom. The third-order valence-electron chi connectivity index (χ3n) is 1.38. The van der Waals surface area contributed by atoms with E-state index in [0.717, 1.165) is 0 Å². The summed E-state index contributed by atoms with van der Waals surface area (Å²) < 4.78 is 0. The molecule has 0 aliphatic rings. The van der Waals surface area contributed by atoms with Crippen LogP contribution in [0.5, 0.6) is 0 Å². The Kier molecular flexibility index (Phi) is 3.08. The molecule has 61 valence electrons. The van der Waals surface area contributed by atoms with Crippen molar-refractivity contribution in [3.63, 3.8) is 0 Å². The lowest BCUT2D eigenvalue weighted by atomic mass is 10.2. The fourth-order valence-corrected chi connectivity index (χ4v) is 0.819. The van der Waals surface area contributed by atoms with Gasteiger partial charge in [0.1, 0.15) is 0 Å². The molecule has 1 aromatic rings. The SMILES string of the molecule is C=CC[N]C(=O)c1ccccc1. The van der Waals surface area contributed by atoms with Gasteiger partial charge in [0.05, 0.1) is 6.54 Å². The number of benzene rings is 1. The highest BCUT2D eigenvalue weighted by Crippen LogP contribution is 1.97. The zero-order chi connectivity index (χ0) is 8.81. The van der Waals surface area contributed by atoms with Gasteiger partial charge in [-0.25, -0.2) is 5.32 Å². The lowest BCUT2D eigenvalue weighted by Crippen LogP contribution is -2.15. The number of hydrogen-bond donors (Lipinski definition) is 0. The molecule has 0 saturated heterocycles. The average molecular weight is 160 g/mol. The van der Waals surface area contributed by atoms with E-state index >= 15 is 0 Å². The molecule has 1 radical (unpaired) electrons. The van der Waals surface area contributed by atoms with Crippen LogP contribution in [-0.4, -0.2) is 12.5 Å². The quantitative estimate of drug-likeness (QED) is 0.618. The van der Waals surface area contributed by atoms with Gasteiger partial charge < -0.3 is 0 Å². The highest BCUT2D eigenvalue weighted by Gasteiger charge is 2.02. The van der Waals surface area contributed by atoms with Crippen LogP contribution in [0.4, 0.5) is 0 Å². The molecular weight excluding hydrogens is 150 g/mol. The van der Waals surface area contributed by atoms with Crippen LogP contribution in [-0.2, 0) is 0 Å². The zero-order valence-electron chi connectivity index (χ0n) is 6.73. The molecular formula is C10H10NO. The molecule has 1 rings (SSSR count). The fraction of sp³-hybridized carbons (Fsp3) is 0.100. The average Bonchev–Trinajstić information content (AvgIpc) is 2.15. The van der Waals surface area contributed by atoms with Gasteiger partial charge in [0.2, 0.25) is 0 Å². The Morgan fingerprint density at radius 1 is 1.42 bits per heavy atom. The van der Waals surface area contributed by atoms with Crippen molar-refractivity contribution >= 4 is 5.91 Å². The second kappa shape index (κ2) is 4.34. The molecule has 0 fully saturated rings. The van der Waals surface area contributed by atoms with Crippen LogP contribution in [0.1, 0.15) is 10.4 Å². The van der Waals surface area contributed by atoms with Crippen molar-refractivity contribution < 1.29 is 4.79 Å². The van der Waals surface area contributed by atoms with Gasteiger partial charge in [-0.2, -0.15) is 0 Å². The largest absolute Gasteiger partial charge is 0.272 e. The Hall–Kier alpha value is -1.57. The van der Waals surface area contributed by atoms with E-state index in [1.54, 1.807) is 18.2 Å². The molecule has 0 aliphatic carbocycles.